The van der Waals surface area contributed by atoms with Crippen molar-refractivity contribution in [1.82, 2.24) is 15.2 Å². The summed E-state index contributed by atoms with van der Waals surface area (Å²) in [6.45, 7) is 4.25. The molecule has 0 amide bonds. The van der Waals surface area contributed by atoms with Gasteiger partial charge in [0.1, 0.15) is 0 Å². The Bertz CT molecular complexity index is 877. The molecule has 0 radical (unpaired) electrons. The summed E-state index contributed by atoms with van der Waals surface area (Å²) in [6, 6.07) is 16.9. The number of hydrogen-bond donors (Lipinski definition) is 1. The number of aromatic nitrogens is 3. The molecule has 5 nitrogen and oxygen atoms in total. The first kappa shape index (κ1) is 14.6. The molecule has 1 aliphatic rings. The minimum Gasteiger partial charge on any atom is -0.339 e. The van der Waals surface area contributed by atoms with E-state index in [0.717, 1.165) is 12.1 Å². The van der Waals surface area contributed by atoms with Gasteiger partial charge in [0.2, 0.25) is 0 Å². The van der Waals surface area contributed by atoms with Crippen LogP contribution in [-0.2, 0) is 6.42 Å². The number of nitrogens with one attached hydrogen (secondary N) is 1. The fraction of sp³-hybridized carbons (Fsp3) is 0.211. The molecule has 0 saturated heterocycles. The van der Waals surface area contributed by atoms with Crippen molar-refractivity contribution in [2.75, 3.05) is 10.2 Å². The standard InChI is InChI=1S/C19H19N5/c1-13-6-5-8-16(10-13)21-18-12-20-23-19(22-18)24-14(2)11-15-7-3-4-9-17(15)24/h3-10,12,14H,11H2,1-2H3,(H,21,22,23). The number of hydrogen-bond acceptors (Lipinski definition) is 5. The van der Waals surface area contributed by atoms with Crippen LogP contribution in [0.15, 0.2) is 54.7 Å². The number of rotatable bonds is 3. The molecule has 2 heterocycles. The first-order chi connectivity index (χ1) is 11.7. The van der Waals surface area contributed by atoms with Crippen molar-refractivity contribution in [1.29, 1.82) is 0 Å². The highest BCUT2D eigenvalue weighted by molar-refractivity contribution is 5.68. The minimum atomic E-state index is 0.318. The van der Waals surface area contributed by atoms with Gasteiger partial charge in [-0.2, -0.15) is 10.1 Å². The van der Waals surface area contributed by atoms with Crippen molar-refractivity contribution in [3.8, 4) is 0 Å². The van der Waals surface area contributed by atoms with Gasteiger partial charge in [-0.3, -0.25) is 0 Å². The number of para-hydroxylation sites is 1. The van der Waals surface area contributed by atoms with Crippen LogP contribution < -0.4 is 10.2 Å². The second kappa shape index (κ2) is 5.92. The second-order valence-corrected chi connectivity index (χ2v) is 6.19. The van der Waals surface area contributed by atoms with Gasteiger partial charge < -0.3 is 10.2 Å². The lowest BCUT2D eigenvalue weighted by Gasteiger charge is -2.22. The number of aryl methyl sites for hydroxylation is 1. The van der Waals surface area contributed by atoms with Gasteiger partial charge in [0.25, 0.3) is 5.95 Å². The lowest BCUT2D eigenvalue weighted by atomic mass is 10.1. The van der Waals surface area contributed by atoms with Gasteiger partial charge in [-0.1, -0.05) is 30.3 Å². The van der Waals surface area contributed by atoms with Crippen molar-refractivity contribution >= 4 is 23.1 Å². The molecule has 120 valence electrons. The van der Waals surface area contributed by atoms with Gasteiger partial charge in [-0.15, -0.1) is 5.10 Å². The SMILES string of the molecule is Cc1cccc(Nc2cnnc(N3c4ccccc4CC3C)n2)c1. The van der Waals surface area contributed by atoms with E-state index < -0.39 is 0 Å². The van der Waals surface area contributed by atoms with Crippen LogP contribution in [0.25, 0.3) is 0 Å². The first-order valence-corrected chi connectivity index (χ1v) is 8.11. The van der Waals surface area contributed by atoms with Gasteiger partial charge in [0.05, 0.1) is 6.20 Å². The normalized spacial score (nSPS) is 16.1. The molecular formula is C19H19N5. The number of fused-ring (bicyclic) bond motifs is 1. The molecule has 1 aromatic heterocycles. The van der Waals surface area contributed by atoms with E-state index in [2.05, 4.69) is 69.6 Å². The van der Waals surface area contributed by atoms with Crippen LogP contribution >= 0.6 is 0 Å². The molecule has 1 N–H and O–H groups in total. The maximum absolute atomic E-state index is 4.67. The van der Waals surface area contributed by atoms with E-state index in [4.69, 9.17) is 0 Å². The average molecular weight is 317 g/mol. The van der Waals surface area contributed by atoms with Crippen LogP contribution in [0.2, 0.25) is 0 Å². The number of benzene rings is 2. The molecule has 4 rings (SSSR count). The van der Waals surface area contributed by atoms with Gasteiger partial charge in [-0.05, 0) is 49.6 Å². The Labute approximate surface area is 141 Å². The van der Waals surface area contributed by atoms with Gasteiger partial charge >= 0.3 is 0 Å². The summed E-state index contributed by atoms with van der Waals surface area (Å²) in [5.74, 6) is 1.33. The molecule has 0 spiro atoms. The Hall–Kier alpha value is -2.95. The van der Waals surface area contributed by atoms with Gasteiger partial charge in [-0.25, -0.2) is 0 Å². The van der Waals surface area contributed by atoms with E-state index >= 15 is 0 Å². The molecule has 0 fully saturated rings. The predicted octanol–water partition coefficient (Wildman–Crippen LogP) is 4.01. The third-order valence-electron chi connectivity index (χ3n) is 4.26. The smallest absolute Gasteiger partial charge is 0.252 e. The summed E-state index contributed by atoms with van der Waals surface area (Å²) in [6.07, 6.45) is 2.65. The quantitative estimate of drug-likeness (QED) is 0.791. The first-order valence-electron chi connectivity index (χ1n) is 8.11. The lowest BCUT2D eigenvalue weighted by Crippen LogP contribution is -2.26. The summed E-state index contributed by atoms with van der Waals surface area (Å²) >= 11 is 0. The highest BCUT2D eigenvalue weighted by atomic mass is 15.4. The molecule has 24 heavy (non-hydrogen) atoms. The summed E-state index contributed by atoms with van der Waals surface area (Å²) in [5, 5.41) is 11.7. The van der Waals surface area contributed by atoms with Crippen LogP contribution in [-0.4, -0.2) is 21.2 Å². The molecule has 0 aliphatic carbocycles. The maximum atomic E-state index is 4.67. The third kappa shape index (κ3) is 2.69. The lowest BCUT2D eigenvalue weighted by molar-refractivity contribution is 0.730. The van der Waals surface area contributed by atoms with Crippen molar-refractivity contribution in [2.45, 2.75) is 26.3 Å². The fourth-order valence-electron chi connectivity index (χ4n) is 3.20. The zero-order valence-electron chi connectivity index (χ0n) is 13.8. The van der Waals surface area contributed by atoms with E-state index in [1.165, 1.54) is 16.8 Å². The highest BCUT2D eigenvalue weighted by Crippen LogP contribution is 2.36. The van der Waals surface area contributed by atoms with Crippen LogP contribution in [0.4, 0.5) is 23.1 Å². The molecule has 5 heteroatoms. The molecule has 0 saturated carbocycles. The Morgan fingerprint density at radius 1 is 1.12 bits per heavy atom. The molecule has 1 aliphatic heterocycles. The monoisotopic (exact) mass is 317 g/mol. The number of nitrogens with zero attached hydrogens (tertiary/aromatic N) is 4. The molecule has 3 aromatic rings. The molecule has 2 aromatic carbocycles. The Kier molecular flexibility index (Phi) is 3.61. The maximum Gasteiger partial charge on any atom is 0.252 e. The predicted molar refractivity (Wildman–Crippen MR) is 96.0 cm³/mol. The van der Waals surface area contributed by atoms with E-state index in [-0.39, 0.29) is 0 Å². The van der Waals surface area contributed by atoms with Crippen molar-refractivity contribution in [2.24, 2.45) is 0 Å². The van der Waals surface area contributed by atoms with Crippen LogP contribution in [0, 0.1) is 6.92 Å². The van der Waals surface area contributed by atoms with Crippen molar-refractivity contribution in [3.05, 3.63) is 65.9 Å². The second-order valence-electron chi connectivity index (χ2n) is 6.19. The zero-order chi connectivity index (χ0) is 16.5. The summed E-state index contributed by atoms with van der Waals surface area (Å²) in [4.78, 5) is 6.83. The van der Waals surface area contributed by atoms with E-state index in [9.17, 15) is 0 Å². The largest absolute Gasteiger partial charge is 0.339 e. The van der Waals surface area contributed by atoms with Crippen LogP contribution in [0.3, 0.4) is 0 Å². The minimum absolute atomic E-state index is 0.318. The molecular weight excluding hydrogens is 298 g/mol. The number of anilines is 4. The van der Waals surface area contributed by atoms with Gasteiger partial charge in [0.15, 0.2) is 5.82 Å². The van der Waals surface area contributed by atoms with Crippen LogP contribution in [0.5, 0.6) is 0 Å². The third-order valence-corrected chi connectivity index (χ3v) is 4.26. The topological polar surface area (TPSA) is 53.9 Å². The summed E-state index contributed by atoms with van der Waals surface area (Å²) in [7, 11) is 0. The van der Waals surface area contributed by atoms with Crippen molar-refractivity contribution in [3.63, 3.8) is 0 Å². The Morgan fingerprint density at radius 2 is 2.00 bits per heavy atom. The van der Waals surface area contributed by atoms with Crippen LogP contribution in [0.1, 0.15) is 18.1 Å². The van der Waals surface area contributed by atoms with Gasteiger partial charge in [0, 0.05) is 17.4 Å². The average Bonchev–Trinajstić information content (AvgIpc) is 2.91. The van der Waals surface area contributed by atoms with E-state index in [0.29, 0.717) is 17.8 Å². The van der Waals surface area contributed by atoms with E-state index in [1.54, 1.807) is 6.20 Å². The summed E-state index contributed by atoms with van der Waals surface area (Å²) < 4.78 is 0. The van der Waals surface area contributed by atoms with Crippen molar-refractivity contribution < 1.29 is 0 Å². The van der Waals surface area contributed by atoms with E-state index in [1.807, 2.05) is 18.2 Å². The Balaban J connectivity index is 1.66. The highest BCUT2D eigenvalue weighted by Gasteiger charge is 2.29. The molecule has 1 unspecified atom stereocenters. The Morgan fingerprint density at radius 3 is 2.88 bits per heavy atom. The fourth-order valence-corrected chi connectivity index (χ4v) is 3.20. The molecule has 0 bridgehead atoms. The molecule has 1 atom stereocenters. The summed E-state index contributed by atoms with van der Waals surface area (Å²) in [5.41, 5.74) is 4.69. The zero-order valence-corrected chi connectivity index (χ0v) is 13.8.